The van der Waals surface area contributed by atoms with Crippen LogP contribution in [0.25, 0.3) is 5.95 Å². The summed E-state index contributed by atoms with van der Waals surface area (Å²) >= 11 is 0. The highest BCUT2D eigenvalue weighted by atomic mass is 16.2. The molecule has 22 heavy (non-hydrogen) atoms. The van der Waals surface area contributed by atoms with E-state index >= 15 is 0 Å². The zero-order valence-corrected chi connectivity index (χ0v) is 12.0. The van der Waals surface area contributed by atoms with Gasteiger partial charge in [-0.3, -0.25) is 4.79 Å². The maximum Gasteiger partial charge on any atom is 0.272 e. The molecule has 7 heteroatoms. The summed E-state index contributed by atoms with van der Waals surface area (Å²) in [4.78, 5) is 22.4. The lowest BCUT2D eigenvalue weighted by Crippen LogP contribution is -2.27. The maximum atomic E-state index is 12.5. The quantitative estimate of drug-likeness (QED) is 0.725. The molecule has 0 saturated heterocycles. The van der Waals surface area contributed by atoms with Crippen LogP contribution in [0.1, 0.15) is 16.1 Å². The van der Waals surface area contributed by atoms with Gasteiger partial charge in [0.2, 0.25) is 0 Å². The van der Waals surface area contributed by atoms with Gasteiger partial charge in [-0.1, -0.05) is 35.5 Å². The molecule has 0 aliphatic carbocycles. The minimum atomic E-state index is -0.174. The second-order valence-corrected chi connectivity index (χ2v) is 4.74. The van der Waals surface area contributed by atoms with Gasteiger partial charge in [0.05, 0.1) is 12.4 Å². The minimum absolute atomic E-state index is 0.174. The molecule has 3 aromatic rings. The SMILES string of the molecule is CN(Cc1ccccc1)C(=O)c1ccnc(-n2ccnn2)n1. The normalized spacial score (nSPS) is 10.4. The van der Waals surface area contributed by atoms with E-state index in [0.717, 1.165) is 5.56 Å². The lowest BCUT2D eigenvalue weighted by atomic mass is 10.2. The van der Waals surface area contributed by atoms with Crippen molar-refractivity contribution in [1.29, 1.82) is 0 Å². The molecule has 3 rings (SSSR count). The van der Waals surface area contributed by atoms with Gasteiger partial charge in [-0.05, 0) is 11.6 Å². The van der Waals surface area contributed by atoms with Gasteiger partial charge in [-0.15, -0.1) is 5.10 Å². The molecule has 2 aromatic heterocycles. The van der Waals surface area contributed by atoms with Crippen LogP contribution in [0.4, 0.5) is 0 Å². The maximum absolute atomic E-state index is 12.5. The summed E-state index contributed by atoms with van der Waals surface area (Å²) in [5.41, 5.74) is 1.38. The molecule has 1 aromatic carbocycles. The second kappa shape index (κ2) is 6.13. The van der Waals surface area contributed by atoms with E-state index in [2.05, 4.69) is 20.3 Å². The van der Waals surface area contributed by atoms with E-state index in [1.807, 2.05) is 30.3 Å². The molecule has 0 aliphatic rings. The third kappa shape index (κ3) is 2.98. The number of hydrogen-bond acceptors (Lipinski definition) is 5. The third-order valence-corrected chi connectivity index (χ3v) is 3.10. The van der Waals surface area contributed by atoms with Gasteiger partial charge in [0.1, 0.15) is 5.69 Å². The number of benzene rings is 1. The van der Waals surface area contributed by atoms with Crippen molar-refractivity contribution >= 4 is 5.91 Å². The second-order valence-electron chi connectivity index (χ2n) is 4.74. The van der Waals surface area contributed by atoms with Crippen LogP contribution in [0, 0.1) is 0 Å². The first kappa shape index (κ1) is 13.9. The highest BCUT2D eigenvalue weighted by Crippen LogP contribution is 2.07. The number of carbonyl (C=O) groups is 1. The van der Waals surface area contributed by atoms with Crippen LogP contribution in [0.5, 0.6) is 0 Å². The fraction of sp³-hybridized carbons (Fsp3) is 0.133. The number of carbonyl (C=O) groups excluding carboxylic acids is 1. The Hall–Kier alpha value is -3.09. The van der Waals surface area contributed by atoms with Gasteiger partial charge in [0.25, 0.3) is 11.9 Å². The van der Waals surface area contributed by atoms with Crippen molar-refractivity contribution in [3.8, 4) is 5.95 Å². The summed E-state index contributed by atoms with van der Waals surface area (Å²) < 4.78 is 1.41. The largest absolute Gasteiger partial charge is 0.336 e. The van der Waals surface area contributed by atoms with E-state index in [1.54, 1.807) is 24.2 Å². The molecule has 0 unspecified atom stereocenters. The summed E-state index contributed by atoms with van der Waals surface area (Å²) in [6.45, 7) is 0.516. The van der Waals surface area contributed by atoms with Crippen LogP contribution in [0.3, 0.4) is 0 Å². The molecule has 0 bridgehead atoms. The first-order chi connectivity index (χ1) is 10.7. The third-order valence-electron chi connectivity index (χ3n) is 3.10. The Bertz CT molecular complexity index is 757. The zero-order chi connectivity index (χ0) is 15.4. The van der Waals surface area contributed by atoms with Gasteiger partial charge in [0, 0.05) is 19.8 Å². The monoisotopic (exact) mass is 294 g/mol. The van der Waals surface area contributed by atoms with Crippen molar-refractivity contribution in [2.45, 2.75) is 6.54 Å². The van der Waals surface area contributed by atoms with Gasteiger partial charge in [0.15, 0.2) is 0 Å². The van der Waals surface area contributed by atoms with Crippen molar-refractivity contribution in [1.82, 2.24) is 29.9 Å². The van der Waals surface area contributed by atoms with Crippen LogP contribution < -0.4 is 0 Å². The van der Waals surface area contributed by atoms with Gasteiger partial charge in [-0.25, -0.2) is 9.97 Å². The number of aromatic nitrogens is 5. The zero-order valence-electron chi connectivity index (χ0n) is 12.0. The first-order valence-corrected chi connectivity index (χ1v) is 6.73. The molecule has 2 heterocycles. The highest BCUT2D eigenvalue weighted by Gasteiger charge is 2.15. The topological polar surface area (TPSA) is 76.8 Å². The average Bonchev–Trinajstić information content (AvgIpc) is 3.10. The van der Waals surface area contributed by atoms with E-state index in [0.29, 0.717) is 18.2 Å². The molecule has 0 radical (unpaired) electrons. The molecule has 0 spiro atoms. The Kier molecular flexibility index (Phi) is 3.86. The molecule has 110 valence electrons. The molecule has 7 nitrogen and oxygen atoms in total. The Labute approximate surface area is 127 Å². The molecule has 0 saturated carbocycles. The predicted molar refractivity (Wildman–Crippen MR) is 79.2 cm³/mol. The number of amides is 1. The van der Waals surface area contributed by atoms with Crippen molar-refractivity contribution < 1.29 is 4.79 Å². The van der Waals surface area contributed by atoms with Gasteiger partial charge < -0.3 is 4.90 Å². The molecule has 0 N–H and O–H groups in total. The first-order valence-electron chi connectivity index (χ1n) is 6.73. The summed E-state index contributed by atoms with van der Waals surface area (Å²) in [5.74, 6) is 0.143. The summed E-state index contributed by atoms with van der Waals surface area (Å²) in [5, 5.41) is 7.52. The standard InChI is InChI=1S/C15H14N6O/c1-20(11-12-5-3-2-4-6-12)14(22)13-7-8-16-15(18-13)21-10-9-17-19-21/h2-10H,11H2,1H3. The van der Waals surface area contributed by atoms with Crippen molar-refractivity contribution in [3.63, 3.8) is 0 Å². The fourth-order valence-electron chi connectivity index (χ4n) is 2.02. The summed E-state index contributed by atoms with van der Waals surface area (Å²) in [6, 6.07) is 11.4. The highest BCUT2D eigenvalue weighted by molar-refractivity contribution is 5.92. The lowest BCUT2D eigenvalue weighted by Gasteiger charge is -2.16. The lowest BCUT2D eigenvalue weighted by molar-refractivity contribution is 0.0779. The Morgan fingerprint density at radius 2 is 2.00 bits per heavy atom. The smallest absolute Gasteiger partial charge is 0.272 e. The van der Waals surface area contributed by atoms with Crippen molar-refractivity contribution in [2.24, 2.45) is 0 Å². The molecule has 0 atom stereocenters. The van der Waals surface area contributed by atoms with Gasteiger partial charge in [-0.2, -0.15) is 4.68 Å². The Balaban J connectivity index is 1.78. The number of rotatable bonds is 4. The van der Waals surface area contributed by atoms with Crippen LogP contribution >= 0.6 is 0 Å². The van der Waals surface area contributed by atoms with Crippen LogP contribution in [-0.2, 0) is 6.54 Å². The van der Waals surface area contributed by atoms with Crippen LogP contribution in [-0.4, -0.2) is 42.8 Å². The number of nitrogens with zero attached hydrogens (tertiary/aromatic N) is 6. The van der Waals surface area contributed by atoms with E-state index in [4.69, 9.17) is 0 Å². The van der Waals surface area contributed by atoms with Gasteiger partial charge >= 0.3 is 0 Å². The number of hydrogen-bond donors (Lipinski definition) is 0. The summed E-state index contributed by atoms with van der Waals surface area (Å²) in [6.07, 6.45) is 4.68. The molecule has 0 fully saturated rings. The fourth-order valence-corrected chi connectivity index (χ4v) is 2.02. The minimum Gasteiger partial charge on any atom is -0.336 e. The van der Waals surface area contributed by atoms with Crippen molar-refractivity contribution in [3.05, 3.63) is 66.2 Å². The Morgan fingerprint density at radius 3 is 2.73 bits per heavy atom. The molecule has 1 amide bonds. The molecule has 0 aliphatic heterocycles. The molecular weight excluding hydrogens is 280 g/mol. The van der Waals surface area contributed by atoms with E-state index in [9.17, 15) is 4.79 Å². The average molecular weight is 294 g/mol. The van der Waals surface area contributed by atoms with Crippen molar-refractivity contribution in [2.75, 3.05) is 7.05 Å². The summed E-state index contributed by atoms with van der Waals surface area (Å²) in [7, 11) is 1.74. The Morgan fingerprint density at radius 1 is 1.18 bits per heavy atom. The van der Waals surface area contributed by atoms with E-state index in [-0.39, 0.29) is 5.91 Å². The predicted octanol–water partition coefficient (Wildman–Crippen LogP) is 1.33. The van der Waals surface area contributed by atoms with Crippen LogP contribution in [0.2, 0.25) is 0 Å². The van der Waals surface area contributed by atoms with E-state index in [1.165, 1.54) is 17.1 Å². The van der Waals surface area contributed by atoms with E-state index < -0.39 is 0 Å². The molecular formula is C15H14N6O. The van der Waals surface area contributed by atoms with Crippen LogP contribution in [0.15, 0.2) is 55.0 Å².